The van der Waals surface area contributed by atoms with Crippen LogP contribution in [0, 0.1) is 27.7 Å². The summed E-state index contributed by atoms with van der Waals surface area (Å²) >= 11 is 0. The van der Waals surface area contributed by atoms with Crippen molar-refractivity contribution in [3.63, 3.8) is 0 Å². The second-order valence-corrected chi connectivity index (χ2v) is 7.82. The molecule has 2 aromatic rings. The van der Waals surface area contributed by atoms with Crippen molar-refractivity contribution < 1.29 is 21.1 Å². The average molecular weight is 494 g/mol. The van der Waals surface area contributed by atoms with Crippen LogP contribution in [0.4, 0.5) is 0 Å². The molecule has 0 saturated heterocycles. The van der Waals surface area contributed by atoms with Gasteiger partial charge >= 0.3 is 0 Å². The zero-order valence-electron chi connectivity index (χ0n) is 15.9. The van der Waals surface area contributed by atoms with Gasteiger partial charge in [0.1, 0.15) is 0 Å². The zero-order valence-corrected chi connectivity index (χ0v) is 18.2. The Morgan fingerprint density at radius 3 is 1.78 bits per heavy atom. The average Bonchev–Trinajstić information content (AvgIpc) is 2.62. The van der Waals surface area contributed by atoms with Gasteiger partial charge in [-0.1, -0.05) is 32.9 Å². The first-order chi connectivity index (χ1) is 10.0. The van der Waals surface area contributed by atoms with Gasteiger partial charge in [-0.3, -0.25) is 4.68 Å². The third kappa shape index (κ3) is 3.79. The normalized spacial score (nSPS) is 11.7. The summed E-state index contributed by atoms with van der Waals surface area (Å²) in [7, 11) is 0. The van der Waals surface area contributed by atoms with Gasteiger partial charge < -0.3 is 0 Å². The van der Waals surface area contributed by atoms with Gasteiger partial charge in [-0.05, 0) is 69.2 Å². The predicted octanol–water partition coefficient (Wildman–Crippen LogP) is 5.66. The van der Waals surface area contributed by atoms with E-state index < -0.39 is 0 Å². The summed E-state index contributed by atoms with van der Waals surface area (Å²) in [5, 5.41) is 4.73. The van der Waals surface area contributed by atoms with E-state index in [1.807, 2.05) is 0 Å². The molecule has 0 saturated carbocycles. The fourth-order valence-corrected chi connectivity index (χ4v) is 3.87. The van der Waals surface area contributed by atoms with Gasteiger partial charge in [-0.25, -0.2) is 0 Å². The smallest absolute Gasteiger partial charge is 0.0675 e. The van der Waals surface area contributed by atoms with Crippen molar-refractivity contribution in [1.82, 2.24) is 9.78 Å². The van der Waals surface area contributed by atoms with Crippen LogP contribution in [0.15, 0.2) is 12.1 Å². The summed E-state index contributed by atoms with van der Waals surface area (Å²) in [6, 6.07) is 5.05. The van der Waals surface area contributed by atoms with E-state index >= 15 is 0 Å². The SMILES string of the molecule is Cc1cc(-c2c(C)nn(C(C)C)c2C)cc(C)c1C(C)(C)C.[Pt]. The number of aryl methyl sites for hydroxylation is 3. The third-order valence-electron chi connectivity index (χ3n) is 4.39. The van der Waals surface area contributed by atoms with Gasteiger partial charge in [0, 0.05) is 38.4 Å². The molecule has 23 heavy (non-hydrogen) atoms. The van der Waals surface area contributed by atoms with E-state index in [2.05, 4.69) is 79.1 Å². The topological polar surface area (TPSA) is 17.8 Å². The van der Waals surface area contributed by atoms with Crippen LogP contribution in [0.25, 0.3) is 11.1 Å². The maximum Gasteiger partial charge on any atom is 0.0675 e. The number of nitrogens with zero attached hydrogens (tertiary/aromatic N) is 2. The molecule has 0 bridgehead atoms. The van der Waals surface area contributed by atoms with E-state index in [1.165, 1.54) is 33.5 Å². The van der Waals surface area contributed by atoms with Gasteiger partial charge in [0.15, 0.2) is 0 Å². The molecule has 130 valence electrons. The summed E-state index contributed by atoms with van der Waals surface area (Å²) in [5.41, 5.74) is 9.35. The molecular formula is C20H30N2Pt. The van der Waals surface area contributed by atoms with Crippen molar-refractivity contribution in [2.24, 2.45) is 0 Å². The summed E-state index contributed by atoms with van der Waals surface area (Å²) in [6.45, 7) is 20.0. The van der Waals surface area contributed by atoms with Crippen LogP contribution in [-0.4, -0.2) is 9.78 Å². The minimum Gasteiger partial charge on any atom is -0.266 e. The van der Waals surface area contributed by atoms with Gasteiger partial charge in [-0.15, -0.1) is 0 Å². The molecule has 0 spiro atoms. The van der Waals surface area contributed by atoms with Crippen molar-refractivity contribution in [3.8, 4) is 11.1 Å². The monoisotopic (exact) mass is 493 g/mol. The van der Waals surface area contributed by atoms with Gasteiger partial charge in [0.25, 0.3) is 0 Å². The molecule has 2 nitrogen and oxygen atoms in total. The molecule has 0 radical (unpaired) electrons. The summed E-state index contributed by atoms with van der Waals surface area (Å²) in [5.74, 6) is 0. The van der Waals surface area contributed by atoms with E-state index in [0.717, 1.165) is 5.69 Å². The third-order valence-corrected chi connectivity index (χ3v) is 4.39. The van der Waals surface area contributed by atoms with E-state index in [0.29, 0.717) is 6.04 Å². The number of hydrogen-bond acceptors (Lipinski definition) is 1. The summed E-state index contributed by atoms with van der Waals surface area (Å²) in [4.78, 5) is 0. The molecule has 1 aromatic carbocycles. The van der Waals surface area contributed by atoms with Crippen molar-refractivity contribution >= 4 is 0 Å². The Balaban J connectivity index is 0.00000264. The van der Waals surface area contributed by atoms with Gasteiger partial charge in [0.2, 0.25) is 0 Å². The molecule has 1 aromatic heterocycles. The van der Waals surface area contributed by atoms with E-state index in [4.69, 9.17) is 5.10 Å². The molecule has 1 heterocycles. The van der Waals surface area contributed by atoms with Gasteiger partial charge in [-0.2, -0.15) is 5.10 Å². The number of rotatable bonds is 2. The maximum absolute atomic E-state index is 4.73. The Morgan fingerprint density at radius 2 is 1.43 bits per heavy atom. The molecule has 0 unspecified atom stereocenters. The number of aromatic nitrogens is 2. The summed E-state index contributed by atoms with van der Waals surface area (Å²) in [6.07, 6.45) is 0. The summed E-state index contributed by atoms with van der Waals surface area (Å²) < 4.78 is 2.13. The second kappa shape index (κ2) is 6.93. The van der Waals surface area contributed by atoms with Crippen LogP contribution < -0.4 is 0 Å². The molecule has 0 aliphatic heterocycles. The van der Waals surface area contributed by atoms with E-state index in [1.54, 1.807) is 0 Å². The van der Waals surface area contributed by atoms with Crippen LogP contribution in [-0.2, 0) is 26.5 Å². The molecule has 2 rings (SSSR count). The Morgan fingerprint density at radius 1 is 0.957 bits per heavy atom. The van der Waals surface area contributed by atoms with Crippen LogP contribution in [0.3, 0.4) is 0 Å². The molecule has 0 aliphatic rings. The predicted molar refractivity (Wildman–Crippen MR) is 95.7 cm³/mol. The zero-order chi connectivity index (χ0) is 16.8. The number of benzene rings is 1. The maximum atomic E-state index is 4.73. The minimum atomic E-state index is 0. The second-order valence-electron chi connectivity index (χ2n) is 7.82. The molecule has 3 heteroatoms. The first-order valence-electron chi connectivity index (χ1n) is 8.21. The molecule has 0 fully saturated rings. The molecule has 0 aliphatic carbocycles. The molecule has 0 N–H and O–H groups in total. The van der Waals surface area contributed by atoms with Crippen LogP contribution in [0.5, 0.6) is 0 Å². The fraction of sp³-hybridized carbons (Fsp3) is 0.550. The van der Waals surface area contributed by atoms with Crippen LogP contribution >= 0.6 is 0 Å². The standard InChI is InChI=1S/C20H30N2.Pt/c1-12(2)22-16(6)18(15(5)21-22)17-10-13(3)19(14(4)11-17)20(7,8)9;/h10-12H,1-9H3;. The van der Waals surface area contributed by atoms with Crippen LogP contribution in [0.2, 0.25) is 0 Å². The van der Waals surface area contributed by atoms with Crippen molar-refractivity contribution in [2.75, 3.05) is 0 Å². The Kier molecular flexibility index (Phi) is 6.08. The Hall–Kier alpha value is -0.882. The number of hydrogen-bond donors (Lipinski definition) is 0. The molecular weight excluding hydrogens is 463 g/mol. The van der Waals surface area contributed by atoms with Crippen LogP contribution in [0.1, 0.15) is 68.7 Å². The van der Waals surface area contributed by atoms with E-state index in [-0.39, 0.29) is 26.5 Å². The minimum absolute atomic E-state index is 0. The fourth-order valence-electron chi connectivity index (χ4n) is 3.87. The first kappa shape index (κ1) is 20.2. The van der Waals surface area contributed by atoms with Crippen molar-refractivity contribution in [3.05, 3.63) is 40.2 Å². The first-order valence-corrected chi connectivity index (χ1v) is 8.21. The largest absolute Gasteiger partial charge is 0.266 e. The quantitative estimate of drug-likeness (QED) is 0.528. The van der Waals surface area contributed by atoms with Gasteiger partial charge in [0.05, 0.1) is 5.69 Å². The van der Waals surface area contributed by atoms with Crippen molar-refractivity contribution in [1.29, 1.82) is 0 Å². The Labute approximate surface area is 155 Å². The Bertz CT molecular complexity index is 680. The molecule has 0 atom stereocenters. The van der Waals surface area contributed by atoms with Crippen molar-refractivity contribution in [2.45, 2.75) is 73.8 Å². The van der Waals surface area contributed by atoms with E-state index in [9.17, 15) is 0 Å². The molecule has 0 amide bonds.